The number of nitrogens with one attached hydrogen (secondary N) is 1. The van der Waals surface area contributed by atoms with Gasteiger partial charge in [-0.2, -0.15) is 0 Å². The summed E-state index contributed by atoms with van der Waals surface area (Å²) >= 11 is 0. The second-order valence-corrected chi connectivity index (χ2v) is 6.52. The Morgan fingerprint density at radius 3 is 2.56 bits per heavy atom. The molecular weight excluding hydrogens is 314 g/mol. The van der Waals surface area contributed by atoms with Crippen LogP contribution in [0.5, 0.6) is 11.5 Å². The van der Waals surface area contributed by atoms with E-state index < -0.39 is 0 Å². The monoisotopic (exact) mass is 341 g/mol. The van der Waals surface area contributed by atoms with Crippen LogP contribution in [0, 0.1) is 5.92 Å². The molecule has 0 aliphatic heterocycles. The standard InChI is InChI=1S/C21H27NO3/c1-5-16(4)25-18-10-8-9-17(13-18)21(23)22-19-11-6-7-12-20(19)24-14-15(2)3/h6-13,15-16H,5,14H2,1-4H3,(H,22,23). The fraction of sp³-hybridized carbons (Fsp3) is 0.381. The van der Waals surface area contributed by atoms with Gasteiger partial charge in [0.05, 0.1) is 18.4 Å². The van der Waals surface area contributed by atoms with Gasteiger partial charge in [0.2, 0.25) is 0 Å². The SMILES string of the molecule is CCC(C)Oc1cccc(C(=O)Nc2ccccc2OCC(C)C)c1. The minimum Gasteiger partial charge on any atom is -0.491 e. The number of para-hydroxylation sites is 2. The zero-order chi connectivity index (χ0) is 18.2. The van der Waals surface area contributed by atoms with Crippen LogP contribution in [0.25, 0.3) is 0 Å². The van der Waals surface area contributed by atoms with Crippen molar-refractivity contribution >= 4 is 11.6 Å². The van der Waals surface area contributed by atoms with Gasteiger partial charge < -0.3 is 14.8 Å². The highest BCUT2D eigenvalue weighted by atomic mass is 16.5. The van der Waals surface area contributed by atoms with Crippen molar-refractivity contribution in [2.75, 3.05) is 11.9 Å². The van der Waals surface area contributed by atoms with E-state index in [4.69, 9.17) is 9.47 Å². The maximum Gasteiger partial charge on any atom is 0.255 e. The summed E-state index contributed by atoms with van der Waals surface area (Å²) in [4.78, 5) is 12.6. The molecule has 25 heavy (non-hydrogen) atoms. The van der Waals surface area contributed by atoms with Crippen LogP contribution in [0.3, 0.4) is 0 Å². The lowest BCUT2D eigenvalue weighted by molar-refractivity contribution is 0.102. The van der Waals surface area contributed by atoms with E-state index in [-0.39, 0.29) is 12.0 Å². The van der Waals surface area contributed by atoms with Gasteiger partial charge in [-0.1, -0.05) is 39.0 Å². The quantitative estimate of drug-likeness (QED) is 0.722. The normalized spacial score (nSPS) is 11.9. The summed E-state index contributed by atoms with van der Waals surface area (Å²) in [6, 6.07) is 14.7. The summed E-state index contributed by atoms with van der Waals surface area (Å²) in [5, 5.41) is 2.93. The molecule has 0 fully saturated rings. The van der Waals surface area contributed by atoms with E-state index in [1.165, 1.54) is 0 Å². The Hall–Kier alpha value is -2.49. The van der Waals surface area contributed by atoms with Crippen LogP contribution in [0.1, 0.15) is 44.5 Å². The zero-order valence-corrected chi connectivity index (χ0v) is 15.4. The highest BCUT2D eigenvalue weighted by molar-refractivity contribution is 6.05. The smallest absolute Gasteiger partial charge is 0.255 e. The number of rotatable bonds is 8. The lowest BCUT2D eigenvalue weighted by Gasteiger charge is -2.15. The predicted molar refractivity (Wildman–Crippen MR) is 102 cm³/mol. The number of hydrogen-bond acceptors (Lipinski definition) is 3. The molecule has 1 amide bonds. The van der Waals surface area contributed by atoms with Crippen molar-refractivity contribution in [2.24, 2.45) is 5.92 Å². The van der Waals surface area contributed by atoms with Gasteiger partial charge >= 0.3 is 0 Å². The van der Waals surface area contributed by atoms with Crippen molar-refractivity contribution in [2.45, 2.75) is 40.2 Å². The van der Waals surface area contributed by atoms with Gasteiger partial charge in [0.1, 0.15) is 11.5 Å². The topological polar surface area (TPSA) is 47.6 Å². The minimum absolute atomic E-state index is 0.114. The molecule has 2 aromatic rings. The first-order valence-corrected chi connectivity index (χ1v) is 8.79. The fourth-order valence-corrected chi connectivity index (χ4v) is 2.17. The molecule has 0 spiro atoms. The molecule has 134 valence electrons. The summed E-state index contributed by atoms with van der Waals surface area (Å²) in [6.07, 6.45) is 1.03. The summed E-state index contributed by atoms with van der Waals surface area (Å²) in [7, 11) is 0. The van der Waals surface area contributed by atoms with Crippen LogP contribution in [0.2, 0.25) is 0 Å². The number of hydrogen-bond donors (Lipinski definition) is 1. The van der Waals surface area contributed by atoms with E-state index in [1.807, 2.05) is 43.3 Å². The van der Waals surface area contributed by atoms with Crippen molar-refractivity contribution in [1.82, 2.24) is 0 Å². The molecule has 4 heteroatoms. The molecule has 0 bridgehead atoms. The maximum absolute atomic E-state index is 12.6. The summed E-state index contributed by atoms with van der Waals surface area (Å²) in [5.74, 6) is 1.61. The zero-order valence-electron chi connectivity index (χ0n) is 15.4. The fourth-order valence-electron chi connectivity index (χ4n) is 2.17. The molecule has 4 nitrogen and oxygen atoms in total. The van der Waals surface area contributed by atoms with Gasteiger partial charge in [-0.3, -0.25) is 4.79 Å². The van der Waals surface area contributed by atoms with Crippen molar-refractivity contribution in [3.63, 3.8) is 0 Å². The summed E-state index contributed by atoms with van der Waals surface area (Å²) in [6.45, 7) is 8.85. The predicted octanol–water partition coefficient (Wildman–Crippen LogP) is 5.15. The van der Waals surface area contributed by atoms with E-state index in [9.17, 15) is 4.79 Å². The Labute approximate surface area is 150 Å². The molecule has 0 heterocycles. The van der Waals surface area contributed by atoms with Crippen LogP contribution in [0.15, 0.2) is 48.5 Å². The number of anilines is 1. The Bertz CT molecular complexity index is 697. The lowest BCUT2D eigenvalue weighted by Crippen LogP contribution is -2.15. The van der Waals surface area contributed by atoms with Crippen LogP contribution in [0.4, 0.5) is 5.69 Å². The minimum atomic E-state index is -0.185. The summed E-state index contributed by atoms with van der Waals surface area (Å²) < 4.78 is 11.6. The number of carbonyl (C=O) groups excluding carboxylic acids is 1. The van der Waals surface area contributed by atoms with E-state index in [0.717, 1.165) is 6.42 Å². The van der Waals surface area contributed by atoms with Gasteiger partial charge in [-0.05, 0) is 49.6 Å². The molecule has 2 aromatic carbocycles. The van der Waals surface area contributed by atoms with E-state index in [2.05, 4.69) is 26.1 Å². The van der Waals surface area contributed by atoms with Crippen molar-refractivity contribution in [3.05, 3.63) is 54.1 Å². The molecular formula is C21H27NO3. The first-order chi connectivity index (χ1) is 12.0. The number of amides is 1. The van der Waals surface area contributed by atoms with Gasteiger partial charge in [0.25, 0.3) is 5.91 Å². The lowest BCUT2D eigenvalue weighted by atomic mass is 10.2. The number of carbonyl (C=O) groups is 1. The van der Waals surface area contributed by atoms with E-state index >= 15 is 0 Å². The molecule has 0 saturated heterocycles. The van der Waals surface area contributed by atoms with Crippen LogP contribution >= 0.6 is 0 Å². The third kappa shape index (κ3) is 5.82. The Balaban J connectivity index is 2.11. The molecule has 1 atom stereocenters. The molecule has 2 rings (SSSR count). The molecule has 0 saturated carbocycles. The van der Waals surface area contributed by atoms with Crippen LogP contribution < -0.4 is 14.8 Å². The third-order valence-corrected chi connectivity index (χ3v) is 3.72. The van der Waals surface area contributed by atoms with Crippen LogP contribution in [-0.2, 0) is 0 Å². The largest absolute Gasteiger partial charge is 0.491 e. The molecule has 1 unspecified atom stereocenters. The second-order valence-electron chi connectivity index (χ2n) is 6.52. The first kappa shape index (κ1) is 18.8. The summed E-state index contributed by atoms with van der Waals surface area (Å²) in [5.41, 5.74) is 1.22. The molecule has 0 aliphatic carbocycles. The van der Waals surface area contributed by atoms with Crippen molar-refractivity contribution < 1.29 is 14.3 Å². The molecule has 0 aliphatic rings. The first-order valence-electron chi connectivity index (χ1n) is 8.79. The maximum atomic E-state index is 12.6. The Morgan fingerprint density at radius 1 is 1.08 bits per heavy atom. The number of benzene rings is 2. The molecule has 0 aromatic heterocycles. The van der Waals surface area contributed by atoms with Crippen LogP contribution in [-0.4, -0.2) is 18.6 Å². The highest BCUT2D eigenvalue weighted by Crippen LogP contribution is 2.25. The Morgan fingerprint density at radius 2 is 1.84 bits per heavy atom. The van der Waals surface area contributed by atoms with Gasteiger partial charge in [0.15, 0.2) is 0 Å². The van der Waals surface area contributed by atoms with E-state index in [1.54, 1.807) is 12.1 Å². The van der Waals surface area contributed by atoms with Gasteiger partial charge in [-0.25, -0.2) is 0 Å². The third-order valence-electron chi connectivity index (χ3n) is 3.72. The highest BCUT2D eigenvalue weighted by Gasteiger charge is 2.11. The van der Waals surface area contributed by atoms with Crippen molar-refractivity contribution in [3.8, 4) is 11.5 Å². The second kappa shape index (κ2) is 9.11. The van der Waals surface area contributed by atoms with Crippen molar-refractivity contribution in [1.29, 1.82) is 0 Å². The number of ether oxygens (including phenoxy) is 2. The average Bonchev–Trinajstić information content (AvgIpc) is 2.61. The van der Waals surface area contributed by atoms with Gasteiger partial charge in [-0.15, -0.1) is 0 Å². The Kier molecular flexibility index (Phi) is 6.87. The van der Waals surface area contributed by atoms with E-state index in [0.29, 0.717) is 35.3 Å². The molecule has 1 N–H and O–H groups in total. The average molecular weight is 341 g/mol. The molecule has 0 radical (unpaired) electrons. The van der Waals surface area contributed by atoms with Gasteiger partial charge in [0, 0.05) is 5.56 Å².